The second-order valence-corrected chi connectivity index (χ2v) is 8.67. The van der Waals surface area contributed by atoms with E-state index >= 15 is 0 Å². The van der Waals surface area contributed by atoms with Crippen LogP contribution in [0.15, 0.2) is 48.5 Å². The fraction of sp³-hybridized carbons (Fsp3) is 0.435. The maximum absolute atomic E-state index is 12.6. The maximum atomic E-state index is 12.6. The summed E-state index contributed by atoms with van der Waals surface area (Å²) in [5.41, 5.74) is 10.8. The summed E-state index contributed by atoms with van der Waals surface area (Å²) in [5, 5.41) is 0. The number of rotatable bonds is 4. The number of anilines is 1. The molecule has 0 saturated heterocycles. The number of benzene rings is 2. The second-order valence-electron chi connectivity index (χ2n) is 8.67. The van der Waals surface area contributed by atoms with Crippen LogP contribution in [-0.4, -0.2) is 12.5 Å². The highest BCUT2D eigenvalue weighted by atomic mass is 16.2. The highest BCUT2D eigenvalue weighted by molar-refractivity contribution is 5.94. The highest BCUT2D eigenvalue weighted by Gasteiger charge is 2.37. The molecule has 2 aromatic carbocycles. The van der Waals surface area contributed by atoms with E-state index in [-0.39, 0.29) is 23.3 Å². The molecule has 3 rings (SSSR count). The molecule has 0 radical (unpaired) electrons. The van der Waals surface area contributed by atoms with Crippen molar-refractivity contribution in [3.05, 3.63) is 65.2 Å². The third kappa shape index (κ3) is 3.54. The number of nitrogens with two attached hydrogens (primary N) is 1. The summed E-state index contributed by atoms with van der Waals surface area (Å²) >= 11 is 0. The summed E-state index contributed by atoms with van der Waals surface area (Å²) in [4.78, 5) is 14.4. The van der Waals surface area contributed by atoms with Gasteiger partial charge in [0.15, 0.2) is 0 Å². The van der Waals surface area contributed by atoms with Crippen molar-refractivity contribution in [3.8, 4) is 0 Å². The quantitative estimate of drug-likeness (QED) is 0.881. The second kappa shape index (κ2) is 6.88. The summed E-state index contributed by atoms with van der Waals surface area (Å²) in [7, 11) is 0. The van der Waals surface area contributed by atoms with E-state index in [4.69, 9.17) is 5.73 Å². The van der Waals surface area contributed by atoms with Crippen LogP contribution in [0.5, 0.6) is 0 Å². The van der Waals surface area contributed by atoms with Crippen molar-refractivity contribution in [2.75, 3.05) is 11.4 Å². The van der Waals surface area contributed by atoms with E-state index in [9.17, 15) is 4.79 Å². The fourth-order valence-corrected chi connectivity index (χ4v) is 3.94. The average Bonchev–Trinajstić information content (AvgIpc) is 2.63. The van der Waals surface area contributed by atoms with Crippen LogP contribution >= 0.6 is 0 Å². The highest BCUT2D eigenvalue weighted by Crippen LogP contribution is 2.46. The summed E-state index contributed by atoms with van der Waals surface area (Å²) in [6.45, 7) is 9.79. The maximum Gasteiger partial charge on any atom is 0.241 e. The van der Waals surface area contributed by atoms with Crippen LogP contribution in [0.4, 0.5) is 5.69 Å². The third-order valence-electron chi connectivity index (χ3n) is 5.81. The SMILES string of the molecule is CC1(C)CCC(C)(C)c2cc(N(Cc3ccccc3)C(=O)CN)ccc21. The lowest BCUT2D eigenvalue weighted by Gasteiger charge is -2.42. The molecule has 0 fully saturated rings. The number of fused-ring (bicyclic) bond motifs is 1. The first-order chi connectivity index (χ1) is 12.2. The van der Waals surface area contributed by atoms with Crippen LogP contribution in [0.25, 0.3) is 0 Å². The normalized spacial score (nSPS) is 17.4. The van der Waals surface area contributed by atoms with Crippen LogP contribution in [0, 0.1) is 0 Å². The standard InChI is InChI=1S/C23H30N2O/c1-22(2)12-13-23(3,4)20-14-18(10-11-19(20)22)25(21(26)15-24)16-17-8-6-5-7-9-17/h5-11,14H,12-13,15-16,24H2,1-4H3. The van der Waals surface area contributed by atoms with Gasteiger partial charge >= 0.3 is 0 Å². The van der Waals surface area contributed by atoms with Crippen molar-refractivity contribution in [2.45, 2.75) is 57.9 Å². The van der Waals surface area contributed by atoms with Crippen molar-refractivity contribution in [1.29, 1.82) is 0 Å². The predicted octanol–water partition coefficient (Wildman–Crippen LogP) is 4.53. The van der Waals surface area contributed by atoms with Gasteiger partial charge in [-0.1, -0.05) is 64.1 Å². The molecule has 1 aliphatic rings. The van der Waals surface area contributed by atoms with Gasteiger partial charge in [0.1, 0.15) is 0 Å². The van der Waals surface area contributed by atoms with Gasteiger partial charge in [0, 0.05) is 5.69 Å². The van der Waals surface area contributed by atoms with Crippen LogP contribution in [-0.2, 0) is 22.2 Å². The molecule has 138 valence electrons. The number of hydrogen-bond donors (Lipinski definition) is 1. The van der Waals surface area contributed by atoms with Crippen LogP contribution in [0.1, 0.15) is 57.2 Å². The minimum Gasteiger partial charge on any atom is -0.322 e. The predicted molar refractivity (Wildman–Crippen MR) is 108 cm³/mol. The number of nitrogens with zero attached hydrogens (tertiary/aromatic N) is 1. The van der Waals surface area contributed by atoms with Gasteiger partial charge in [-0.15, -0.1) is 0 Å². The lowest BCUT2D eigenvalue weighted by atomic mass is 9.63. The van der Waals surface area contributed by atoms with Gasteiger partial charge in [-0.25, -0.2) is 0 Å². The van der Waals surface area contributed by atoms with Crippen molar-refractivity contribution >= 4 is 11.6 Å². The van der Waals surface area contributed by atoms with Gasteiger partial charge in [0.05, 0.1) is 13.1 Å². The average molecular weight is 351 g/mol. The summed E-state index contributed by atoms with van der Waals surface area (Å²) in [6, 6.07) is 16.6. The summed E-state index contributed by atoms with van der Waals surface area (Å²) in [6.07, 6.45) is 2.34. The first-order valence-corrected chi connectivity index (χ1v) is 9.44. The molecule has 2 aromatic rings. The Hall–Kier alpha value is -2.13. The van der Waals surface area contributed by atoms with Gasteiger partial charge in [0.25, 0.3) is 0 Å². The lowest BCUT2D eigenvalue weighted by Crippen LogP contribution is -2.37. The van der Waals surface area contributed by atoms with Crippen LogP contribution in [0.2, 0.25) is 0 Å². The molecule has 0 spiro atoms. The van der Waals surface area contributed by atoms with Gasteiger partial charge in [-0.05, 0) is 52.5 Å². The molecule has 3 heteroatoms. The van der Waals surface area contributed by atoms with E-state index in [1.54, 1.807) is 0 Å². The number of carbonyl (C=O) groups is 1. The first kappa shape index (κ1) is 18.7. The van der Waals surface area contributed by atoms with Gasteiger partial charge in [0.2, 0.25) is 5.91 Å². The largest absolute Gasteiger partial charge is 0.322 e. The molecule has 0 atom stereocenters. The molecule has 0 saturated carbocycles. The molecule has 0 unspecified atom stereocenters. The van der Waals surface area contributed by atoms with Crippen molar-refractivity contribution in [1.82, 2.24) is 0 Å². The van der Waals surface area contributed by atoms with Crippen molar-refractivity contribution in [2.24, 2.45) is 5.73 Å². The van der Waals surface area contributed by atoms with Gasteiger partial charge < -0.3 is 10.6 Å². The molecule has 3 nitrogen and oxygen atoms in total. The zero-order valence-electron chi connectivity index (χ0n) is 16.4. The molecular weight excluding hydrogens is 320 g/mol. The molecule has 26 heavy (non-hydrogen) atoms. The molecule has 0 aliphatic heterocycles. The Balaban J connectivity index is 2.04. The molecule has 1 amide bonds. The van der Waals surface area contributed by atoms with E-state index in [0.29, 0.717) is 6.54 Å². The Morgan fingerprint density at radius 3 is 2.19 bits per heavy atom. The summed E-state index contributed by atoms with van der Waals surface area (Å²) in [5.74, 6) is -0.0540. The van der Waals surface area contributed by atoms with Crippen molar-refractivity contribution in [3.63, 3.8) is 0 Å². The zero-order valence-corrected chi connectivity index (χ0v) is 16.4. The molecule has 2 N–H and O–H groups in total. The third-order valence-corrected chi connectivity index (χ3v) is 5.81. The minimum atomic E-state index is -0.0540. The van der Waals surface area contributed by atoms with E-state index in [1.807, 2.05) is 35.2 Å². The number of carbonyl (C=O) groups excluding carboxylic acids is 1. The molecular formula is C23H30N2O. The van der Waals surface area contributed by atoms with Gasteiger partial charge in [-0.2, -0.15) is 0 Å². The molecule has 0 bridgehead atoms. The van der Waals surface area contributed by atoms with Gasteiger partial charge in [-0.3, -0.25) is 4.79 Å². The Morgan fingerprint density at radius 1 is 0.962 bits per heavy atom. The monoisotopic (exact) mass is 350 g/mol. The van der Waals surface area contributed by atoms with E-state index in [0.717, 1.165) is 17.7 Å². The lowest BCUT2D eigenvalue weighted by molar-refractivity contribution is -0.117. The van der Waals surface area contributed by atoms with E-state index in [2.05, 4.69) is 45.9 Å². The fourth-order valence-electron chi connectivity index (χ4n) is 3.94. The number of amides is 1. The van der Waals surface area contributed by atoms with E-state index in [1.165, 1.54) is 17.5 Å². The zero-order chi connectivity index (χ0) is 18.9. The minimum absolute atomic E-state index is 0.0127. The Labute approximate surface area is 157 Å². The Bertz CT molecular complexity index is 793. The van der Waals surface area contributed by atoms with E-state index < -0.39 is 0 Å². The number of hydrogen-bond acceptors (Lipinski definition) is 2. The molecule has 1 aliphatic carbocycles. The topological polar surface area (TPSA) is 46.3 Å². The summed E-state index contributed by atoms with van der Waals surface area (Å²) < 4.78 is 0. The first-order valence-electron chi connectivity index (χ1n) is 9.44. The Kier molecular flexibility index (Phi) is 4.94. The van der Waals surface area contributed by atoms with Crippen molar-refractivity contribution < 1.29 is 4.79 Å². The molecule has 0 aromatic heterocycles. The Morgan fingerprint density at radius 2 is 1.58 bits per heavy atom. The van der Waals surface area contributed by atoms with Crippen LogP contribution in [0.3, 0.4) is 0 Å². The molecule has 0 heterocycles. The van der Waals surface area contributed by atoms with Crippen LogP contribution < -0.4 is 10.6 Å². The smallest absolute Gasteiger partial charge is 0.241 e.